The van der Waals surface area contributed by atoms with Crippen molar-refractivity contribution >= 4 is 17.0 Å². The number of nitrogen functional groups attached to an aromatic ring is 1. The molecule has 6 heteroatoms. The van der Waals surface area contributed by atoms with E-state index < -0.39 is 11.6 Å². The first-order valence-corrected chi connectivity index (χ1v) is 6.67. The number of aromatic nitrogens is 2. The minimum absolute atomic E-state index is 0.104. The van der Waals surface area contributed by atoms with Gasteiger partial charge in [-0.25, -0.2) is 13.8 Å². The van der Waals surface area contributed by atoms with Crippen molar-refractivity contribution in [1.29, 1.82) is 0 Å². The van der Waals surface area contributed by atoms with Gasteiger partial charge in [-0.05, 0) is 12.3 Å². The molecule has 0 saturated carbocycles. The zero-order valence-corrected chi connectivity index (χ0v) is 11.7. The lowest BCUT2D eigenvalue weighted by Crippen LogP contribution is -2.08. The molecule has 1 aromatic heterocycles. The molecular formula is C14H19F2N3O. The molecule has 4 nitrogen and oxygen atoms in total. The van der Waals surface area contributed by atoms with Gasteiger partial charge in [0.1, 0.15) is 11.3 Å². The minimum Gasteiger partial charge on any atom is -0.381 e. The Kier molecular flexibility index (Phi) is 4.54. The largest absolute Gasteiger partial charge is 0.381 e. The average Bonchev–Trinajstić information content (AvgIpc) is 2.66. The van der Waals surface area contributed by atoms with Crippen LogP contribution in [-0.2, 0) is 11.3 Å². The van der Waals surface area contributed by atoms with Crippen LogP contribution < -0.4 is 5.73 Å². The van der Waals surface area contributed by atoms with E-state index in [0.29, 0.717) is 37.6 Å². The molecule has 20 heavy (non-hydrogen) atoms. The van der Waals surface area contributed by atoms with E-state index in [1.54, 1.807) is 4.57 Å². The van der Waals surface area contributed by atoms with Crippen LogP contribution in [0.5, 0.6) is 0 Å². The number of imidazole rings is 1. The van der Waals surface area contributed by atoms with Gasteiger partial charge in [0, 0.05) is 31.9 Å². The molecular weight excluding hydrogens is 264 g/mol. The number of nitrogens with two attached hydrogens (primary N) is 1. The van der Waals surface area contributed by atoms with Gasteiger partial charge >= 0.3 is 0 Å². The predicted molar refractivity (Wildman–Crippen MR) is 74.3 cm³/mol. The normalized spacial score (nSPS) is 11.7. The maximum absolute atomic E-state index is 13.6. The SMILES string of the molecule is CC(C)COCCCn1c(N)nc2c(F)cc(F)cc21. The summed E-state index contributed by atoms with van der Waals surface area (Å²) in [5.41, 5.74) is 6.24. The molecule has 0 aliphatic carbocycles. The Bertz CT molecular complexity index is 596. The van der Waals surface area contributed by atoms with Crippen molar-refractivity contribution < 1.29 is 13.5 Å². The van der Waals surface area contributed by atoms with Gasteiger partial charge in [-0.1, -0.05) is 13.8 Å². The van der Waals surface area contributed by atoms with Crippen molar-refractivity contribution in [1.82, 2.24) is 9.55 Å². The molecule has 110 valence electrons. The fraction of sp³-hybridized carbons (Fsp3) is 0.500. The zero-order valence-electron chi connectivity index (χ0n) is 11.7. The number of fused-ring (bicyclic) bond motifs is 1. The number of ether oxygens (including phenoxy) is 1. The summed E-state index contributed by atoms with van der Waals surface area (Å²) in [7, 11) is 0. The summed E-state index contributed by atoms with van der Waals surface area (Å²) in [4.78, 5) is 3.94. The fourth-order valence-electron chi connectivity index (χ4n) is 2.05. The number of nitrogens with zero attached hydrogens (tertiary/aromatic N) is 2. The fourth-order valence-corrected chi connectivity index (χ4v) is 2.05. The third kappa shape index (κ3) is 3.25. The average molecular weight is 283 g/mol. The number of halogens is 2. The van der Waals surface area contributed by atoms with Gasteiger partial charge in [0.05, 0.1) is 5.52 Å². The molecule has 0 atom stereocenters. The van der Waals surface area contributed by atoms with Gasteiger partial charge < -0.3 is 15.0 Å². The lowest BCUT2D eigenvalue weighted by molar-refractivity contribution is 0.105. The lowest BCUT2D eigenvalue weighted by atomic mass is 10.2. The second-order valence-corrected chi connectivity index (χ2v) is 5.20. The number of aryl methyl sites for hydroxylation is 1. The van der Waals surface area contributed by atoms with Gasteiger partial charge in [-0.15, -0.1) is 0 Å². The summed E-state index contributed by atoms with van der Waals surface area (Å²) in [5, 5.41) is 0. The predicted octanol–water partition coefficient (Wildman–Crippen LogP) is 2.96. The maximum atomic E-state index is 13.6. The van der Waals surface area contributed by atoms with Crippen LogP contribution in [0.1, 0.15) is 20.3 Å². The Hall–Kier alpha value is -1.69. The molecule has 0 bridgehead atoms. The summed E-state index contributed by atoms with van der Waals surface area (Å²) in [6.07, 6.45) is 0.709. The molecule has 0 radical (unpaired) electrons. The molecule has 0 spiro atoms. The smallest absolute Gasteiger partial charge is 0.201 e. The first kappa shape index (κ1) is 14.7. The highest BCUT2D eigenvalue weighted by molar-refractivity contribution is 5.79. The summed E-state index contributed by atoms with van der Waals surface area (Å²) in [6, 6.07) is 2.06. The van der Waals surface area contributed by atoms with Crippen molar-refractivity contribution in [3.05, 3.63) is 23.8 Å². The van der Waals surface area contributed by atoms with Crippen LogP contribution in [0.15, 0.2) is 12.1 Å². The first-order valence-electron chi connectivity index (χ1n) is 6.67. The molecule has 0 unspecified atom stereocenters. The van der Waals surface area contributed by atoms with Crippen LogP contribution in [0, 0.1) is 17.6 Å². The Morgan fingerprint density at radius 3 is 2.80 bits per heavy atom. The third-order valence-corrected chi connectivity index (χ3v) is 2.92. The highest BCUT2D eigenvalue weighted by Gasteiger charge is 2.13. The minimum atomic E-state index is -0.693. The molecule has 2 N–H and O–H groups in total. The number of rotatable bonds is 6. The number of hydrogen-bond acceptors (Lipinski definition) is 3. The third-order valence-electron chi connectivity index (χ3n) is 2.92. The second-order valence-electron chi connectivity index (χ2n) is 5.20. The molecule has 2 aromatic rings. The van der Waals surface area contributed by atoms with Crippen molar-refractivity contribution in [2.45, 2.75) is 26.8 Å². The van der Waals surface area contributed by atoms with Crippen LogP contribution in [0.25, 0.3) is 11.0 Å². The quantitative estimate of drug-likeness (QED) is 0.829. The van der Waals surface area contributed by atoms with E-state index in [-0.39, 0.29) is 11.5 Å². The summed E-state index contributed by atoms with van der Waals surface area (Å²) in [5.74, 6) is -0.653. The molecule has 2 rings (SSSR count). The number of anilines is 1. The van der Waals surface area contributed by atoms with Gasteiger partial charge in [0.15, 0.2) is 5.82 Å². The molecule has 1 aromatic carbocycles. The monoisotopic (exact) mass is 283 g/mol. The molecule has 0 aliphatic rings. The Labute approximate surface area is 116 Å². The second kappa shape index (κ2) is 6.17. The highest BCUT2D eigenvalue weighted by Crippen LogP contribution is 2.22. The molecule has 1 heterocycles. The summed E-state index contributed by atoms with van der Waals surface area (Å²) < 4.78 is 33.9. The Balaban J connectivity index is 2.08. The molecule has 0 aliphatic heterocycles. The Morgan fingerprint density at radius 2 is 2.10 bits per heavy atom. The van der Waals surface area contributed by atoms with Crippen molar-refractivity contribution in [2.75, 3.05) is 18.9 Å². The van der Waals surface area contributed by atoms with E-state index in [1.165, 1.54) is 6.07 Å². The lowest BCUT2D eigenvalue weighted by Gasteiger charge is -2.09. The van der Waals surface area contributed by atoms with Crippen LogP contribution in [0.2, 0.25) is 0 Å². The summed E-state index contributed by atoms with van der Waals surface area (Å²) >= 11 is 0. The van der Waals surface area contributed by atoms with E-state index in [2.05, 4.69) is 18.8 Å². The van der Waals surface area contributed by atoms with E-state index in [4.69, 9.17) is 10.5 Å². The van der Waals surface area contributed by atoms with Gasteiger partial charge in [-0.3, -0.25) is 0 Å². The van der Waals surface area contributed by atoms with Crippen LogP contribution in [0.3, 0.4) is 0 Å². The van der Waals surface area contributed by atoms with E-state index in [1.807, 2.05) is 0 Å². The zero-order chi connectivity index (χ0) is 14.7. The molecule has 0 fully saturated rings. The van der Waals surface area contributed by atoms with Gasteiger partial charge in [0.25, 0.3) is 0 Å². The summed E-state index contributed by atoms with van der Waals surface area (Å²) in [6.45, 7) is 5.95. The molecule has 0 amide bonds. The van der Waals surface area contributed by atoms with Crippen LogP contribution in [0.4, 0.5) is 14.7 Å². The van der Waals surface area contributed by atoms with Crippen molar-refractivity contribution in [2.24, 2.45) is 5.92 Å². The van der Waals surface area contributed by atoms with Gasteiger partial charge in [0.2, 0.25) is 5.95 Å². The number of benzene rings is 1. The Morgan fingerprint density at radius 1 is 1.35 bits per heavy atom. The van der Waals surface area contributed by atoms with Crippen LogP contribution >= 0.6 is 0 Å². The van der Waals surface area contributed by atoms with Crippen molar-refractivity contribution in [3.8, 4) is 0 Å². The topological polar surface area (TPSA) is 53.1 Å². The maximum Gasteiger partial charge on any atom is 0.201 e. The van der Waals surface area contributed by atoms with Gasteiger partial charge in [-0.2, -0.15) is 0 Å². The van der Waals surface area contributed by atoms with E-state index >= 15 is 0 Å². The number of hydrogen-bond donors (Lipinski definition) is 1. The first-order chi connectivity index (χ1) is 9.49. The van der Waals surface area contributed by atoms with E-state index in [0.717, 1.165) is 6.07 Å². The van der Waals surface area contributed by atoms with Crippen molar-refractivity contribution in [3.63, 3.8) is 0 Å². The van der Waals surface area contributed by atoms with Crippen LogP contribution in [-0.4, -0.2) is 22.8 Å². The highest BCUT2D eigenvalue weighted by atomic mass is 19.1. The van der Waals surface area contributed by atoms with E-state index in [9.17, 15) is 8.78 Å². The standard InChI is InChI=1S/C14H19F2N3O/c1-9(2)8-20-5-3-4-19-12-7-10(15)6-11(16)13(12)18-14(19)17/h6-7,9H,3-5,8H2,1-2H3,(H2,17,18). The molecule has 0 saturated heterocycles.